The Kier molecular flexibility index (Phi) is 4.68. The number of halogens is 2. The van der Waals surface area contributed by atoms with Crippen LogP contribution in [0.4, 0.5) is 8.78 Å². The number of methoxy groups -OCH3 is 1. The van der Waals surface area contributed by atoms with Gasteiger partial charge in [-0.15, -0.1) is 0 Å². The summed E-state index contributed by atoms with van der Waals surface area (Å²) >= 11 is 0. The van der Waals surface area contributed by atoms with Crippen LogP contribution in [-0.4, -0.2) is 24.8 Å². The first-order chi connectivity index (χ1) is 8.02. The first-order valence-corrected chi connectivity index (χ1v) is 4.86. The number of aryl methyl sites for hydroxylation is 1. The summed E-state index contributed by atoms with van der Waals surface area (Å²) < 4.78 is 32.9. The van der Waals surface area contributed by atoms with E-state index in [1.165, 1.54) is 25.3 Å². The van der Waals surface area contributed by atoms with Crippen molar-refractivity contribution in [1.82, 2.24) is 0 Å². The molecule has 1 aromatic rings. The Labute approximate surface area is 96.8 Å². The van der Waals surface area contributed by atoms with Crippen molar-refractivity contribution in [3.63, 3.8) is 0 Å². The predicted molar refractivity (Wildman–Crippen MR) is 55.1 cm³/mol. The SMILES string of the molecule is COC(=O)CCc1cc(O)ccc1OC(F)F. The van der Waals surface area contributed by atoms with Gasteiger partial charge in [0.1, 0.15) is 11.5 Å². The molecule has 17 heavy (non-hydrogen) atoms. The lowest BCUT2D eigenvalue weighted by molar-refractivity contribution is -0.140. The summed E-state index contributed by atoms with van der Waals surface area (Å²) in [7, 11) is 1.24. The van der Waals surface area contributed by atoms with E-state index in [1.54, 1.807) is 0 Å². The lowest BCUT2D eigenvalue weighted by Gasteiger charge is -2.10. The minimum Gasteiger partial charge on any atom is -0.508 e. The molecule has 1 N–H and O–H groups in total. The van der Waals surface area contributed by atoms with Gasteiger partial charge in [0.15, 0.2) is 0 Å². The molecule has 0 saturated heterocycles. The van der Waals surface area contributed by atoms with Crippen molar-refractivity contribution in [2.24, 2.45) is 0 Å². The molecule has 0 amide bonds. The number of phenolic OH excluding ortho intramolecular Hbond substituents is 1. The van der Waals surface area contributed by atoms with Crippen LogP contribution in [0.1, 0.15) is 12.0 Å². The first kappa shape index (κ1) is 13.2. The molecule has 0 atom stereocenters. The number of esters is 1. The van der Waals surface area contributed by atoms with Crippen LogP contribution in [0.15, 0.2) is 18.2 Å². The van der Waals surface area contributed by atoms with Crippen molar-refractivity contribution < 1.29 is 28.2 Å². The first-order valence-electron chi connectivity index (χ1n) is 4.86. The van der Waals surface area contributed by atoms with Crippen LogP contribution in [0.2, 0.25) is 0 Å². The summed E-state index contributed by atoms with van der Waals surface area (Å²) in [6.07, 6.45) is 0.183. The lowest BCUT2D eigenvalue weighted by atomic mass is 10.1. The Bertz CT molecular complexity index is 393. The molecule has 94 valence electrons. The normalized spacial score (nSPS) is 10.4. The van der Waals surface area contributed by atoms with Crippen molar-refractivity contribution in [2.75, 3.05) is 7.11 Å². The van der Waals surface area contributed by atoms with Gasteiger partial charge in [-0.1, -0.05) is 0 Å². The standard InChI is InChI=1S/C11H12F2O4/c1-16-10(15)5-2-7-6-8(14)3-4-9(7)17-11(12)13/h3-4,6,11,14H,2,5H2,1H3. The number of ether oxygens (including phenoxy) is 2. The van der Waals surface area contributed by atoms with Crippen molar-refractivity contribution >= 4 is 5.97 Å². The molecule has 6 heteroatoms. The van der Waals surface area contributed by atoms with Crippen LogP contribution in [0, 0.1) is 0 Å². The van der Waals surface area contributed by atoms with Gasteiger partial charge >= 0.3 is 12.6 Å². The number of benzene rings is 1. The molecule has 0 fully saturated rings. The Hall–Kier alpha value is -1.85. The van der Waals surface area contributed by atoms with Gasteiger partial charge < -0.3 is 14.6 Å². The van der Waals surface area contributed by atoms with E-state index in [-0.39, 0.29) is 24.3 Å². The Morgan fingerprint density at radius 2 is 2.18 bits per heavy atom. The molecule has 1 rings (SSSR count). The van der Waals surface area contributed by atoms with Gasteiger partial charge in [0, 0.05) is 6.42 Å². The van der Waals surface area contributed by atoms with Gasteiger partial charge in [0.2, 0.25) is 0 Å². The zero-order valence-electron chi connectivity index (χ0n) is 9.15. The highest BCUT2D eigenvalue weighted by Crippen LogP contribution is 2.26. The number of carbonyl (C=O) groups is 1. The number of alkyl halides is 2. The molecule has 1 aromatic carbocycles. The summed E-state index contributed by atoms with van der Waals surface area (Å²) in [5.74, 6) is -0.593. The number of carbonyl (C=O) groups excluding carboxylic acids is 1. The fourth-order valence-corrected chi connectivity index (χ4v) is 1.31. The quantitative estimate of drug-likeness (QED) is 0.808. The number of aromatic hydroxyl groups is 1. The molecule has 0 saturated carbocycles. The second kappa shape index (κ2) is 6.03. The van der Waals surface area contributed by atoms with Crippen LogP contribution < -0.4 is 4.74 Å². The van der Waals surface area contributed by atoms with Crippen molar-refractivity contribution in [3.05, 3.63) is 23.8 Å². The molecular weight excluding hydrogens is 234 g/mol. The van der Waals surface area contributed by atoms with Crippen molar-refractivity contribution in [1.29, 1.82) is 0 Å². The highest BCUT2D eigenvalue weighted by atomic mass is 19.3. The maximum absolute atomic E-state index is 12.1. The Balaban J connectivity index is 2.79. The van der Waals surface area contributed by atoms with E-state index >= 15 is 0 Å². The summed E-state index contributed by atoms with van der Waals surface area (Å²) in [6.45, 7) is -2.95. The number of rotatable bonds is 5. The van der Waals surface area contributed by atoms with Gasteiger partial charge in [0.05, 0.1) is 7.11 Å². The highest BCUT2D eigenvalue weighted by Gasteiger charge is 2.12. The number of hydrogen-bond donors (Lipinski definition) is 1. The minimum absolute atomic E-state index is 0.0273. The molecular formula is C11H12F2O4. The lowest BCUT2D eigenvalue weighted by Crippen LogP contribution is -2.06. The third kappa shape index (κ3) is 4.26. The van der Waals surface area contributed by atoms with E-state index in [0.717, 1.165) is 0 Å². The second-order valence-electron chi connectivity index (χ2n) is 3.25. The van der Waals surface area contributed by atoms with Crippen LogP contribution >= 0.6 is 0 Å². The third-order valence-corrected chi connectivity index (χ3v) is 2.09. The predicted octanol–water partition coefficient (Wildman–Crippen LogP) is 2.10. The van der Waals surface area contributed by atoms with E-state index in [0.29, 0.717) is 5.56 Å². The monoisotopic (exact) mass is 246 g/mol. The minimum atomic E-state index is -2.95. The van der Waals surface area contributed by atoms with E-state index < -0.39 is 12.6 Å². The van der Waals surface area contributed by atoms with Crippen molar-refractivity contribution in [2.45, 2.75) is 19.5 Å². The fraction of sp³-hybridized carbons (Fsp3) is 0.364. The van der Waals surface area contributed by atoms with Gasteiger partial charge in [-0.05, 0) is 30.2 Å². The molecule has 0 aliphatic carbocycles. The molecule has 0 spiro atoms. The smallest absolute Gasteiger partial charge is 0.387 e. The molecule has 0 unspecified atom stereocenters. The van der Waals surface area contributed by atoms with Gasteiger partial charge in [-0.3, -0.25) is 4.79 Å². The fourth-order valence-electron chi connectivity index (χ4n) is 1.31. The van der Waals surface area contributed by atoms with E-state index in [2.05, 4.69) is 9.47 Å². The zero-order chi connectivity index (χ0) is 12.8. The molecule has 0 aromatic heterocycles. The maximum atomic E-state index is 12.1. The summed E-state index contributed by atoms with van der Waals surface area (Å²) in [5.41, 5.74) is 0.329. The van der Waals surface area contributed by atoms with E-state index in [4.69, 9.17) is 0 Å². The van der Waals surface area contributed by atoms with Crippen LogP contribution in [0.3, 0.4) is 0 Å². The highest BCUT2D eigenvalue weighted by molar-refractivity contribution is 5.69. The molecule has 0 radical (unpaired) electrons. The third-order valence-electron chi connectivity index (χ3n) is 2.09. The van der Waals surface area contributed by atoms with E-state index in [9.17, 15) is 18.7 Å². The van der Waals surface area contributed by atoms with Crippen molar-refractivity contribution in [3.8, 4) is 11.5 Å². The molecule has 0 aliphatic rings. The van der Waals surface area contributed by atoms with Gasteiger partial charge in [-0.25, -0.2) is 0 Å². The molecule has 4 nitrogen and oxygen atoms in total. The molecule has 0 heterocycles. The zero-order valence-corrected chi connectivity index (χ0v) is 9.15. The largest absolute Gasteiger partial charge is 0.508 e. The summed E-state index contributed by atoms with van der Waals surface area (Å²) in [6, 6.07) is 3.74. The maximum Gasteiger partial charge on any atom is 0.387 e. The molecule has 0 aliphatic heterocycles. The summed E-state index contributed by atoms with van der Waals surface area (Å²) in [4.78, 5) is 10.9. The Morgan fingerprint density at radius 1 is 1.47 bits per heavy atom. The molecule has 0 bridgehead atoms. The number of phenols is 1. The Morgan fingerprint density at radius 3 is 2.76 bits per heavy atom. The topological polar surface area (TPSA) is 55.8 Å². The van der Waals surface area contributed by atoms with Crippen LogP contribution in [0.25, 0.3) is 0 Å². The average Bonchev–Trinajstić information content (AvgIpc) is 2.28. The van der Waals surface area contributed by atoms with E-state index in [1.807, 2.05) is 0 Å². The summed E-state index contributed by atoms with van der Waals surface area (Å²) in [5, 5.41) is 9.23. The van der Waals surface area contributed by atoms with Crippen LogP contribution in [-0.2, 0) is 16.0 Å². The average molecular weight is 246 g/mol. The van der Waals surface area contributed by atoms with Gasteiger partial charge in [-0.2, -0.15) is 8.78 Å². The van der Waals surface area contributed by atoms with Crippen LogP contribution in [0.5, 0.6) is 11.5 Å². The second-order valence-corrected chi connectivity index (χ2v) is 3.25. The van der Waals surface area contributed by atoms with Gasteiger partial charge in [0.25, 0.3) is 0 Å². The number of hydrogen-bond acceptors (Lipinski definition) is 4.